The van der Waals surface area contributed by atoms with Crippen LogP contribution in [-0.4, -0.2) is 45.0 Å². The van der Waals surface area contributed by atoms with E-state index in [0.717, 1.165) is 28.0 Å². The first kappa shape index (κ1) is 22.3. The lowest BCUT2D eigenvalue weighted by atomic mass is 10.1. The summed E-state index contributed by atoms with van der Waals surface area (Å²) in [5.74, 6) is 0.644. The molecular formula is C23H30N2O4S. The zero-order valence-electron chi connectivity index (χ0n) is 18.1. The van der Waals surface area contributed by atoms with Gasteiger partial charge in [0.05, 0.1) is 4.90 Å². The van der Waals surface area contributed by atoms with Crippen molar-refractivity contribution in [3.05, 3.63) is 58.7 Å². The molecule has 1 fully saturated rings. The Morgan fingerprint density at radius 3 is 2.40 bits per heavy atom. The van der Waals surface area contributed by atoms with Gasteiger partial charge in [-0.1, -0.05) is 18.2 Å². The third-order valence-electron chi connectivity index (χ3n) is 5.86. The molecule has 162 valence electrons. The number of sulfonamides is 1. The van der Waals surface area contributed by atoms with Crippen molar-refractivity contribution in [2.24, 2.45) is 0 Å². The molecule has 0 aromatic heterocycles. The number of nitrogens with one attached hydrogen (secondary N) is 1. The van der Waals surface area contributed by atoms with Gasteiger partial charge in [-0.05, 0) is 81.0 Å². The molecule has 7 heteroatoms. The van der Waals surface area contributed by atoms with Crippen LogP contribution in [0.3, 0.4) is 0 Å². The van der Waals surface area contributed by atoms with Gasteiger partial charge in [-0.3, -0.25) is 4.79 Å². The topological polar surface area (TPSA) is 75.7 Å². The van der Waals surface area contributed by atoms with E-state index in [0.29, 0.717) is 25.9 Å². The normalized spacial score (nSPS) is 15.3. The lowest BCUT2D eigenvalue weighted by molar-refractivity contribution is -0.134. The van der Waals surface area contributed by atoms with Crippen LogP contribution in [0.4, 0.5) is 0 Å². The third kappa shape index (κ3) is 5.21. The molecule has 1 saturated heterocycles. The van der Waals surface area contributed by atoms with Gasteiger partial charge in [0.15, 0.2) is 6.61 Å². The molecule has 6 nitrogen and oxygen atoms in total. The molecule has 2 aromatic carbocycles. The molecule has 30 heavy (non-hydrogen) atoms. The minimum absolute atomic E-state index is 0.0106. The van der Waals surface area contributed by atoms with Crippen LogP contribution in [0.15, 0.2) is 41.3 Å². The van der Waals surface area contributed by atoms with Gasteiger partial charge in [0.2, 0.25) is 10.0 Å². The number of benzene rings is 2. The fraction of sp³-hybridized carbons (Fsp3) is 0.435. The van der Waals surface area contributed by atoms with Crippen molar-refractivity contribution in [2.45, 2.75) is 51.5 Å². The van der Waals surface area contributed by atoms with E-state index in [2.05, 4.69) is 4.72 Å². The van der Waals surface area contributed by atoms with E-state index >= 15 is 0 Å². The van der Waals surface area contributed by atoms with Crippen molar-refractivity contribution in [2.75, 3.05) is 19.7 Å². The molecule has 1 aliphatic rings. The highest BCUT2D eigenvalue weighted by Crippen LogP contribution is 2.21. The molecule has 0 aliphatic carbocycles. The molecular weight excluding hydrogens is 400 g/mol. The molecule has 0 saturated carbocycles. The van der Waals surface area contributed by atoms with Gasteiger partial charge in [-0.25, -0.2) is 13.1 Å². The van der Waals surface area contributed by atoms with E-state index in [1.54, 1.807) is 17.0 Å². The number of hydrogen-bond donors (Lipinski definition) is 1. The fourth-order valence-electron chi connectivity index (χ4n) is 3.53. The van der Waals surface area contributed by atoms with Crippen molar-refractivity contribution in [1.29, 1.82) is 0 Å². The Morgan fingerprint density at radius 2 is 1.73 bits per heavy atom. The number of ether oxygens (including phenoxy) is 1. The number of aryl methyl sites for hydroxylation is 3. The van der Waals surface area contributed by atoms with Gasteiger partial charge in [-0.2, -0.15) is 0 Å². The summed E-state index contributed by atoms with van der Waals surface area (Å²) >= 11 is 0. The summed E-state index contributed by atoms with van der Waals surface area (Å²) in [6, 6.07) is 10.8. The summed E-state index contributed by atoms with van der Waals surface area (Å²) in [6.07, 6.45) is 1.17. The molecule has 1 aliphatic heterocycles. The van der Waals surface area contributed by atoms with Crippen molar-refractivity contribution in [1.82, 2.24) is 9.62 Å². The Kier molecular flexibility index (Phi) is 6.83. The zero-order chi connectivity index (χ0) is 21.9. The molecule has 0 radical (unpaired) electrons. The molecule has 0 unspecified atom stereocenters. The molecule has 1 heterocycles. The van der Waals surface area contributed by atoms with E-state index in [9.17, 15) is 13.2 Å². The molecule has 1 N–H and O–H groups in total. The van der Waals surface area contributed by atoms with Crippen LogP contribution >= 0.6 is 0 Å². The van der Waals surface area contributed by atoms with Crippen molar-refractivity contribution in [3.63, 3.8) is 0 Å². The molecule has 1 amide bonds. The number of likely N-dealkylation sites (tertiary alicyclic amines) is 1. The maximum atomic E-state index is 12.7. The second-order valence-electron chi connectivity index (χ2n) is 8.01. The Balaban J connectivity index is 1.52. The SMILES string of the molecule is Cc1ccc(S(=O)(=O)NC2CCN(C(=O)COc3cccc(C)c3C)CC2)cc1C. The summed E-state index contributed by atoms with van der Waals surface area (Å²) in [5, 5.41) is 0. The largest absolute Gasteiger partial charge is 0.483 e. The van der Waals surface area contributed by atoms with Crippen LogP contribution in [0, 0.1) is 27.7 Å². The molecule has 0 bridgehead atoms. The quantitative estimate of drug-likeness (QED) is 0.763. The lowest BCUT2D eigenvalue weighted by Crippen LogP contribution is -2.47. The Hall–Kier alpha value is -2.38. The minimum Gasteiger partial charge on any atom is -0.483 e. The van der Waals surface area contributed by atoms with E-state index in [4.69, 9.17) is 4.74 Å². The van der Waals surface area contributed by atoms with Crippen molar-refractivity contribution < 1.29 is 17.9 Å². The average molecular weight is 431 g/mol. The maximum Gasteiger partial charge on any atom is 0.260 e. The van der Waals surface area contributed by atoms with Gasteiger partial charge < -0.3 is 9.64 Å². The van der Waals surface area contributed by atoms with Gasteiger partial charge in [-0.15, -0.1) is 0 Å². The summed E-state index contributed by atoms with van der Waals surface area (Å²) in [7, 11) is -3.57. The van der Waals surface area contributed by atoms with Gasteiger partial charge in [0.25, 0.3) is 5.91 Å². The second-order valence-corrected chi connectivity index (χ2v) is 9.72. The van der Waals surface area contributed by atoms with E-state index in [-0.39, 0.29) is 23.5 Å². The number of carbonyl (C=O) groups is 1. The van der Waals surface area contributed by atoms with Gasteiger partial charge >= 0.3 is 0 Å². The number of amides is 1. The summed E-state index contributed by atoms with van der Waals surface area (Å²) < 4.78 is 33.9. The van der Waals surface area contributed by atoms with Crippen LogP contribution in [0.2, 0.25) is 0 Å². The zero-order valence-corrected chi connectivity index (χ0v) is 18.9. The van der Waals surface area contributed by atoms with Crippen molar-refractivity contribution in [3.8, 4) is 5.75 Å². The predicted octanol–water partition coefficient (Wildman–Crippen LogP) is 3.27. The van der Waals surface area contributed by atoms with Crippen LogP contribution in [0.5, 0.6) is 5.75 Å². The van der Waals surface area contributed by atoms with Crippen LogP contribution in [0.25, 0.3) is 0 Å². The number of rotatable bonds is 6. The van der Waals surface area contributed by atoms with Crippen LogP contribution in [0.1, 0.15) is 35.1 Å². The highest BCUT2D eigenvalue weighted by molar-refractivity contribution is 7.89. The van der Waals surface area contributed by atoms with Gasteiger partial charge in [0, 0.05) is 19.1 Å². The first-order valence-electron chi connectivity index (χ1n) is 10.2. The van der Waals surface area contributed by atoms with E-state index in [1.165, 1.54) is 0 Å². The first-order chi connectivity index (χ1) is 14.2. The summed E-state index contributed by atoms with van der Waals surface area (Å²) in [6.45, 7) is 8.85. The summed E-state index contributed by atoms with van der Waals surface area (Å²) in [5.41, 5.74) is 4.16. The lowest BCUT2D eigenvalue weighted by Gasteiger charge is -2.32. The highest BCUT2D eigenvalue weighted by atomic mass is 32.2. The van der Waals surface area contributed by atoms with Crippen LogP contribution in [-0.2, 0) is 14.8 Å². The summed E-state index contributed by atoms with van der Waals surface area (Å²) in [4.78, 5) is 14.5. The monoisotopic (exact) mass is 430 g/mol. The molecule has 3 rings (SSSR count). The fourth-order valence-corrected chi connectivity index (χ4v) is 4.92. The van der Waals surface area contributed by atoms with E-state index < -0.39 is 10.0 Å². The number of nitrogens with zero attached hydrogens (tertiary/aromatic N) is 1. The Morgan fingerprint density at radius 1 is 1.03 bits per heavy atom. The minimum atomic E-state index is -3.57. The third-order valence-corrected chi connectivity index (χ3v) is 7.38. The van der Waals surface area contributed by atoms with E-state index in [1.807, 2.05) is 52.0 Å². The smallest absolute Gasteiger partial charge is 0.260 e. The first-order valence-corrected chi connectivity index (χ1v) is 11.7. The standard InChI is InChI=1S/C23H30N2O4S/c1-16-8-9-21(14-18(16)3)30(27,28)24-20-10-12-25(13-11-20)23(26)15-29-22-7-5-6-17(2)19(22)4/h5-9,14,20,24H,10-13,15H2,1-4H3. The highest BCUT2D eigenvalue weighted by Gasteiger charge is 2.27. The molecule has 0 spiro atoms. The maximum absolute atomic E-state index is 12.7. The second kappa shape index (κ2) is 9.18. The number of hydrogen-bond acceptors (Lipinski definition) is 4. The number of carbonyl (C=O) groups excluding carboxylic acids is 1. The van der Waals surface area contributed by atoms with Gasteiger partial charge in [0.1, 0.15) is 5.75 Å². The predicted molar refractivity (Wildman–Crippen MR) is 117 cm³/mol. The Bertz CT molecular complexity index is 1030. The number of piperidine rings is 1. The average Bonchev–Trinajstić information content (AvgIpc) is 2.71. The van der Waals surface area contributed by atoms with Crippen molar-refractivity contribution >= 4 is 15.9 Å². The molecule has 0 atom stereocenters. The Labute approximate surface area is 179 Å². The molecule has 2 aromatic rings. The van der Waals surface area contributed by atoms with Crippen LogP contribution < -0.4 is 9.46 Å².